The number of halogens is 6. The van der Waals surface area contributed by atoms with Crippen LogP contribution in [0.4, 0.5) is 32.0 Å². The highest BCUT2D eigenvalue weighted by atomic mass is 32.1. The Morgan fingerprint density at radius 3 is 1.88 bits per heavy atom. The fourth-order valence-corrected chi connectivity index (χ4v) is 2.38. The van der Waals surface area contributed by atoms with Crippen LogP contribution in [0.3, 0.4) is 0 Å². The number of nitrogens with one attached hydrogen (secondary N) is 2. The van der Waals surface area contributed by atoms with E-state index >= 15 is 0 Å². The second-order valence-corrected chi connectivity index (χ2v) is 6.17. The van der Waals surface area contributed by atoms with Crippen LogP contribution in [-0.4, -0.2) is 36.7 Å². The average molecular weight is 387 g/mol. The average Bonchev–Trinajstić information content (AvgIpc) is 2.43. The van der Waals surface area contributed by atoms with E-state index in [9.17, 15) is 26.3 Å². The summed E-state index contributed by atoms with van der Waals surface area (Å²) in [6, 6.07) is 1.16. The molecule has 3 nitrogen and oxygen atoms in total. The smallest absolute Gasteiger partial charge is 0.358 e. The summed E-state index contributed by atoms with van der Waals surface area (Å²) in [5, 5.41) is 5.25. The Hall–Kier alpha value is -1.55. The molecule has 0 fully saturated rings. The Bertz CT molecular complexity index is 566. The van der Waals surface area contributed by atoms with Gasteiger partial charge in [0.2, 0.25) is 0 Å². The minimum atomic E-state index is -4.90. The third kappa shape index (κ3) is 7.07. The lowest BCUT2D eigenvalue weighted by molar-refractivity contribution is -0.143. The second kappa shape index (κ2) is 8.22. The zero-order valence-electron chi connectivity index (χ0n) is 13.8. The SMILES string of the molecule is CCC(CN(C)C)NC(=S)Nc1cc(C(F)(F)F)cc(C(F)(F)F)c1. The van der Waals surface area contributed by atoms with Crippen molar-refractivity contribution in [3.05, 3.63) is 29.3 Å². The van der Waals surface area contributed by atoms with Gasteiger partial charge in [-0.1, -0.05) is 6.92 Å². The summed E-state index contributed by atoms with van der Waals surface area (Å²) < 4.78 is 77.0. The van der Waals surface area contributed by atoms with Gasteiger partial charge >= 0.3 is 12.4 Å². The maximum absolute atomic E-state index is 12.8. The maximum Gasteiger partial charge on any atom is 0.416 e. The fourth-order valence-electron chi connectivity index (χ4n) is 2.10. The molecular formula is C15H19F6N3S. The van der Waals surface area contributed by atoms with Crippen LogP contribution >= 0.6 is 12.2 Å². The zero-order valence-corrected chi connectivity index (χ0v) is 14.7. The molecule has 1 unspecified atom stereocenters. The third-order valence-electron chi connectivity index (χ3n) is 3.26. The van der Waals surface area contributed by atoms with Gasteiger partial charge in [-0.3, -0.25) is 0 Å². The van der Waals surface area contributed by atoms with Crippen LogP contribution in [0.5, 0.6) is 0 Å². The number of hydrogen-bond acceptors (Lipinski definition) is 2. The number of hydrogen-bond donors (Lipinski definition) is 2. The summed E-state index contributed by atoms with van der Waals surface area (Å²) in [5.74, 6) is 0. The highest BCUT2D eigenvalue weighted by Gasteiger charge is 2.37. The minimum Gasteiger partial charge on any atom is -0.358 e. The largest absolute Gasteiger partial charge is 0.416 e. The molecule has 0 spiro atoms. The molecule has 0 aliphatic carbocycles. The third-order valence-corrected chi connectivity index (χ3v) is 3.48. The van der Waals surface area contributed by atoms with E-state index in [-0.39, 0.29) is 22.9 Å². The minimum absolute atomic E-state index is 0.0406. The first-order valence-corrected chi connectivity index (χ1v) is 7.75. The molecule has 0 aliphatic heterocycles. The van der Waals surface area contributed by atoms with E-state index in [1.54, 1.807) is 0 Å². The lowest BCUT2D eigenvalue weighted by Crippen LogP contribution is -2.43. The lowest BCUT2D eigenvalue weighted by Gasteiger charge is -2.23. The molecule has 25 heavy (non-hydrogen) atoms. The number of anilines is 1. The van der Waals surface area contributed by atoms with Gasteiger partial charge < -0.3 is 15.5 Å². The van der Waals surface area contributed by atoms with Crippen molar-refractivity contribution in [2.24, 2.45) is 0 Å². The standard InChI is InChI=1S/C15H19F6N3S/c1-4-11(8-24(2)3)22-13(25)23-12-6-9(14(16,17)18)5-10(7-12)15(19,20)21/h5-7,11H,4,8H2,1-3H3,(H2,22,23,25). The number of benzene rings is 1. The number of alkyl halides is 6. The van der Waals surface area contributed by atoms with Gasteiger partial charge in [-0.25, -0.2) is 0 Å². The van der Waals surface area contributed by atoms with E-state index in [0.717, 1.165) is 0 Å². The molecule has 0 amide bonds. The highest BCUT2D eigenvalue weighted by molar-refractivity contribution is 7.80. The summed E-state index contributed by atoms with van der Waals surface area (Å²) in [4.78, 5) is 1.88. The molecule has 1 aromatic rings. The topological polar surface area (TPSA) is 27.3 Å². The van der Waals surface area contributed by atoms with Gasteiger partial charge in [0.1, 0.15) is 0 Å². The molecule has 0 saturated heterocycles. The number of nitrogens with zero attached hydrogens (tertiary/aromatic N) is 1. The van der Waals surface area contributed by atoms with Gasteiger partial charge in [-0.15, -0.1) is 0 Å². The summed E-state index contributed by atoms with van der Waals surface area (Å²) in [7, 11) is 3.67. The van der Waals surface area contributed by atoms with Crippen LogP contribution in [-0.2, 0) is 12.4 Å². The Morgan fingerprint density at radius 2 is 1.52 bits per heavy atom. The molecule has 10 heteroatoms. The van der Waals surface area contributed by atoms with Crippen LogP contribution < -0.4 is 10.6 Å². The molecule has 2 N–H and O–H groups in total. The van der Waals surface area contributed by atoms with E-state index < -0.39 is 23.5 Å². The van der Waals surface area contributed by atoms with Gasteiger partial charge in [0.25, 0.3) is 0 Å². The Balaban J connectivity index is 3.02. The van der Waals surface area contributed by atoms with Crippen LogP contribution in [0, 0.1) is 0 Å². The second-order valence-electron chi connectivity index (χ2n) is 5.76. The lowest BCUT2D eigenvalue weighted by atomic mass is 10.1. The van der Waals surface area contributed by atoms with Gasteiger partial charge in [0, 0.05) is 18.3 Å². The van der Waals surface area contributed by atoms with Crippen molar-refractivity contribution >= 4 is 23.0 Å². The normalized spacial score (nSPS) is 13.7. The van der Waals surface area contributed by atoms with Crippen molar-refractivity contribution in [2.75, 3.05) is 26.0 Å². The fraction of sp³-hybridized carbons (Fsp3) is 0.533. The maximum atomic E-state index is 12.8. The summed E-state index contributed by atoms with van der Waals surface area (Å²) in [5.41, 5.74) is -3.17. The first-order chi connectivity index (χ1) is 11.3. The molecule has 0 aliphatic rings. The van der Waals surface area contributed by atoms with Crippen molar-refractivity contribution in [1.29, 1.82) is 0 Å². The molecule has 1 rings (SSSR count). The van der Waals surface area contributed by atoms with Crippen molar-refractivity contribution in [3.63, 3.8) is 0 Å². The van der Waals surface area contributed by atoms with Gasteiger partial charge in [0.15, 0.2) is 5.11 Å². The summed E-state index contributed by atoms with van der Waals surface area (Å²) >= 11 is 5.00. The highest BCUT2D eigenvalue weighted by Crippen LogP contribution is 2.37. The first-order valence-electron chi connectivity index (χ1n) is 7.34. The number of rotatable bonds is 5. The molecule has 0 radical (unpaired) electrons. The van der Waals surface area contributed by atoms with Crippen LogP contribution in [0.2, 0.25) is 0 Å². The van der Waals surface area contributed by atoms with E-state index in [0.29, 0.717) is 25.1 Å². The van der Waals surface area contributed by atoms with Crippen LogP contribution in [0.1, 0.15) is 24.5 Å². The first kappa shape index (κ1) is 21.5. The van der Waals surface area contributed by atoms with Crippen molar-refractivity contribution in [2.45, 2.75) is 31.7 Å². The zero-order chi connectivity index (χ0) is 19.4. The molecule has 0 aromatic heterocycles. The summed E-state index contributed by atoms with van der Waals surface area (Å²) in [6.07, 6.45) is -9.12. The number of likely N-dealkylation sites (N-methyl/N-ethyl adjacent to an activating group) is 1. The molecule has 1 aromatic carbocycles. The predicted octanol–water partition coefficient (Wildman–Crippen LogP) is 4.35. The molecule has 0 heterocycles. The van der Waals surface area contributed by atoms with E-state index in [1.165, 1.54) is 0 Å². The monoisotopic (exact) mass is 387 g/mol. The Morgan fingerprint density at radius 1 is 1.04 bits per heavy atom. The van der Waals surface area contributed by atoms with Crippen molar-refractivity contribution in [1.82, 2.24) is 10.2 Å². The van der Waals surface area contributed by atoms with Gasteiger partial charge in [-0.2, -0.15) is 26.3 Å². The van der Waals surface area contributed by atoms with Gasteiger partial charge in [-0.05, 0) is 50.9 Å². The molecule has 142 valence electrons. The van der Waals surface area contributed by atoms with Crippen molar-refractivity contribution in [3.8, 4) is 0 Å². The predicted molar refractivity (Wildman–Crippen MR) is 88.4 cm³/mol. The van der Waals surface area contributed by atoms with E-state index in [1.807, 2.05) is 25.9 Å². The Kier molecular flexibility index (Phi) is 7.07. The van der Waals surface area contributed by atoms with E-state index in [4.69, 9.17) is 12.2 Å². The molecule has 0 bridgehead atoms. The van der Waals surface area contributed by atoms with Crippen LogP contribution in [0.15, 0.2) is 18.2 Å². The quantitative estimate of drug-likeness (QED) is 0.580. The van der Waals surface area contributed by atoms with Crippen molar-refractivity contribution < 1.29 is 26.3 Å². The van der Waals surface area contributed by atoms with Crippen LogP contribution in [0.25, 0.3) is 0 Å². The summed E-state index contributed by atoms with van der Waals surface area (Å²) in [6.45, 7) is 2.49. The molecule has 1 atom stereocenters. The van der Waals surface area contributed by atoms with Gasteiger partial charge in [0.05, 0.1) is 11.1 Å². The van der Waals surface area contributed by atoms with E-state index in [2.05, 4.69) is 10.6 Å². The molecular weight excluding hydrogens is 368 g/mol. The molecule has 0 saturated carbocycles. The Labute approximate surface area is 147 Å². The number of thiocarbonyl (C=S) groups is 1.